The highest BCUT2D eigenvalue weighted by Crippen LogP contribution is 2.36. The lowest BCUT2D eigenvalue weighted by Crippen LogP contribution is -2.30. The minimum Gasteiger partial charge on any atom is -0.481 e. The van der Waals surface area contributed by atoms with Crippen molar-refractivity contribution in [1.82, 2.24) is 9.88 Å². The van der Waals surface area contributed by atoms with Crippen LogP contribution in [0.5, 0.6) is 0 Å². The zero-order chi connectivity index (χ0) is 17.2. The number of carboxylic acid groups (broad SMARTS) is 1. The normalized spacial score (nSPS) is 21.5. The topological polar surface area (TPSA) is 53.4 Å². The van der Waals surface area contributed by atoms with Gasteiger partial charge < -0.3 is 5.11 Å². The highest BCUT2D eigenvalue weighted by Gasteiger charge is 2.42. The Hall–Kier alpha value is -2.08. The van der Waals surface area contributed by atoms with E-state index in [-0.39, 0.29) is 19.4 Å². The summed E-state index contributed by atoms with van der Waals surface area (Å²) in [5, 5.41) is 11.0. The van der Waals surface area contributed by atoms with E-state index < -0.39 is 24.2 Å². The molecule has 0 radical (unpaired) electrons. The second-order valence-electron chi connectivity index (χ2n) is 6.43. The van der Waals surface area contributed by atoms with Gasteiger partial charge in [0.25, 0.3) is 5.92 Å². The Kier molecular flexibility index (Phi) is 4.76. The molecule has 1 aromatic carbocycles. The first kappa shape index (κ1) is 16.8. The van der Waals surface area contributed by atoms with Gasteiger partial charge in [0, 0.05) is 43.2 Å². The van der Waals surface area contributed by atoms with E-state index in [1.807, 2.05) is 29.2 Å². The van der Waals surface area contributed by atoms with Crippen molar-refractivity contribution < 1.29 is 18.7 Å². The van der Waals surface area contributed by atoms with E-state index in [0.29, 0.717) is 13.1 Å². The van der Waals surface area contributed by atoms with Crippen LogP contribution in [-0.4, -0.2) is 40.0 Å². The summed E-state index contributed by atoms with van der Waals surface area (Å²) in [5.74, 6) is -5.16. The van der Waals surface area contributed by atoms with Crippen molar-refractivity contribution in [2.45, 2.75) is 31.7 Å². The number of aromatic nitrogens is 1. The Bertz CT molecular complexity index is 736. The standard InChI is InChI=1S/C18H20F2N2O2/c19-18(20)5-8-22(7-4-16(18)10-17(23)24)12-13-1-2-14-3-6-21-11-15(14)9-13/h1-3,6,9,11,16H,4-5,7-8,10,12H2,(H,23,24). The third kappa shape index (κ3) is 3.87. The number of hydrogen-bond donors (Lipinski definition) is 1. The van der Waals surface area contributed by atoms with Crippen LogP contribution < -0.4 is 0 Å². The molecule has 2 heterocycles. The van der Waals surface area contributed by atoms with Crippen LogP contribution >= 0.6 is 0 Å². The smallest absolute Gasteiger partial charge is 0.303 e. The van der Waals surface area contributed by atoms with Gasteiger partial charge in [0.15, 0.2) is 0 Å². The fourth-order valence-corrected chi connectivity index (χ4v) is 3.28. The van der Waals surface area contributed by atoms with E-state index in [4.69, 9.17) is 5.11 Å². The van der Waals surface area contributed by atoms with E-state index in [0.717, 1.165) is 16.3 Å². The molecular formula is C18H20F2N2O2. The monoisotopic (exact) mass is 334 g/mol. The number of rotatable bonds is 4. The van der Waals surface area contributed by atoms with E-state index in [1.54, 1.807) is 12.4 Å². The first-order chi connectivity index (χ1) is 11.4. The van der Waals surface area contributed by atoms with Crippen LogP contribution in [0, 0.1) is 5.92 Å². The highest BCUT2D eigenvalue weighted by molar-refractivity contribution is 5.81. The van der Waals surface area contributed by atoms with Gasteiger partial charge in [-0.1, -0.05) is 12.1 Å². The summed E-state index contributed by atoms with van der Waals surface area (Å²) in [6, 6.07) is 7.97. The predicted molar refractivity (Wildman–Crippen MR) is 86.9 cm³/mol. The molecule has 3 rings (SSSR count). The zero-order valence-corrected chi connectivity index (χ0v) is 13.3. The molecule has 6 heteroatoms. The summed E-state index contributed by atoms with van der Waals surface area (Å²) in [7, 11) is 0. The summed E-state index contributed by atoms with van der Waals surface area (Å²) < 4.78 is 28.2. The molecule has 2 aromatic rings. The second kappa shape index (κ2) is 6.81. The van der Waals surface area contributed by atoms with Crippen LogP contribution in [-0.2, 0) is 11.3 Å². The summed E-state index contributed by atoms with van der Waals surface area (Å²) >= 11 is 0. The molecule has 1 unspecified atom stereocenters. The maximum atomic E-state index is 14.1. The van der Waals surface area contributed by atoms with Crippen molar-refractivity contribution in [2.75, 3.05) is 13.1 Å². The molecule has 1 N–H and O–H groups in total. The minimum atomic E-state index is -2.92. The fraction of sp³-hybridized carbons (Fsp3) is 0.444. The van der Waals surface area contributed by atoms with Crippen LogP contribution in [0.15, 0.2) is 36.7 Å². The van der Waals surface area contributed by atoms with Gasteiger partial charge in [0.2, 0.25) is 0 Å². The van der Waals surface area contributed by atoms with Crippen molar-refractivity contribution in [3.05, 3.63) is 42.2 Å². The number of fused-ring (bicyclic) bond motifs is 1. The Balaban J connectivity index is 1.70. The van der Waals surface area contributed by atoms with Crippen LogP contribution in [0.2, 0.25) is 0 Å². The van der Waals surface area contributed by atoms with Crippen molar-refractivity contribution in [2.24, 2.45) is 5.92 Å². The zero-order valence-electron chi connectivity index (χ0n) is 13.3. The number of likely N-dealkylation sites (tertiary alicyclic amines) is 1. The van der Waals surface area contributed by atoms with Crippen molar-refractivity contribution >= 4 is 16.7 Å². The van der Waals surface area contributed by atoms with Crippen molar-refractivity contribution in [3.63, 3.8) is 0 Å². The van der Waals surface area contributed by atoms with E-state index >= 15 is 0 Å². The minimum absolute atomic E-state index is 0.203. The Morgan fingerprint density at radius 1 is 1.29 bits per heavy atom. The molecule has 128 valence electrons. The van der Waals surface area contributed by atoms with Gasteiger partial charge in [-0.05, 0) is 36.0 Å². The largest absolute Gasteiger partial charge is 0.481 e. The summed E-state index contributed by atoms with van der Waals surface area (Å²) in [5.41, 5.74) is 1.05. The fourth-order valence-electron chi connectivity index (χ4n) is 3.28. The molecule has 24 heavy (non-hydrogen) atoms. The van der Waals surface area contributed by atoms with Gasteiger partial charge in [-0.15, -0.1) is 0 Å². The molecule has 0 bridgehead atoms. The lowest BCUT2D eigenvalue weighted by Gasteiger charge is -2.22. The lowest BCUT2D eigenvalue weighted by molar-refractivity contribution is -0.143. The van der Waals surface area contributed by atoms with Gasteiger partial charge >= 0.3 is 5.97 Å². The number of halogens is 2. The van der Waals surface area contributed by atoms with Crippen LogP contribution in [0.4, 0.5) is 8.78 Å². The second-order valence-corrected chi connectivity index (χ2v) is 6.43. The third-order valence-corrected chi connectivity index (χ3v) is 4.68. The molecule has 0 amide bonds. The first-order valence-electron chi connectivity index (χ1n) is 8.09. The molecule has 0 aliphatic carbocycles. The quantitative estimate of drug-likeness (QED) is 0.929. The average Bonchev–Trinajstić information content (AvgIpc) is 2.67. The van der Waals surface area contributed by atoms with E-state index in [2.05, 4.69) is 4.98 Å². The number of pyridine rings is 1. The van der Waals surface area contributed by atoms with Crippen LogP contribution in [0.25, 0.3) is 10.8 Å². The van der Waals surface area contributed by atoms with E-state index in [1.165, 1.54) is 0 Å². The van der Waals surface area contributed by atoms with Crippen LogP contribution in [0.3, 0.4) is 0 Å². The molecule has 1 aromatic heterocycles. The number of carboxylic acids is 1. The van der Waals surface area contributed by atoms with Gasteiger partial charge in [0.1, 0.15) is 0 Å². The molecule has 1 atom stereocenters. The number of carbonyl (C=O) groups is 1. The van der Waals surface area contributed by atoms with E-state index in [9.17, 15) is 13.6 Å². The van der Waals surface area contributed by atoms with Gasteiger partial charge in [-0.3, -0.25) is 14.7 Å². The Labute approximate surface area is 139 Å². The first-order valence-corrected chi connectivity index (χ1v) is 8.09. The number of alkyl halides is 2. The summed E-state index contributed by atoms with van der Waals surface area (Å²) in [6.45, 7) is 1.34. The Morgan fingerprint density at radius 3 is 2.92 bits per heavy atom. The number of aliphatic carboxylic acids is 1. The van der Waals surface area contributed by atoms with Crippen molar-refractivity contribution in [3.8, 4) is 0 Å². The molecule has 1 saturated heterocycles. The lowest BCUT2D eigenvalue weighted by atomic mass is 9.93. The molecule has 4 nitrogen and oxygen atoms in total. The van der Waals surface area contributed by atoms with Gasteiger partial charge in [-0.25, -0.2) is 8.78 Å². The maximum Gasteiger partial charge on any atom is 0.303 e. The number of hydrogen-bond acceptors (Lipinski definition) is 3. The summed E-state index contributed by atoms with van der Waals surface area (Å²) in [6.07, 6.45) is 2.97. The maximum absolute atomic E-state index is 14.1. The molecule has 0 saturated carbocycles. The molecule has 1 aliphatic heterocycles. The molecule has 1 fully saturated rings. The number of benzene rings is 1. The summed E-state index contributed by atoms with van der Waals surface area (Å²) in [4.78, 5) is 16.9. The Morgan fingerprint density at radius 2 is 2.12 bits per heavy atom. The predicted octanol–water partition coefficient (Wildman–Crippen LogP) is 3.56. The van der Waals surface area contributed by atoms with Crippen LogP contribution in [0.1, 0.15) is 24.8 Å². The third-order valence-electron chi connectivity index (χ3n) is 4.68. The molecule has 1 aliphatic rings. The SMILES string of the molecule is O=C(O)CC1CCN(Cc2ccc3ccncc3c2)CCC1(F)F. The average molecular weight is 334 g/mol. The number of nitrogens with zero attached hydrogens (tertiary/aromatic N) is 2. The van der Waals surface area contributed by atoms with Gasteiger partial charge in [0.05, 0.1) is 6.42 Å². The van der Waals surface area contributed by atoms with Gasteiger partial charge in [-0.2, -0.15) is 0 Å². The highest BCUT2D eigenvalue weighted by atomic mass is 19.3. The molecule has 0 spiro atoms. The van der Waals surface area contributed by atoms with Crippen molar-refractivity contribution in [1.29, 1.82) is 0 Å². The molecular weight excluding hydrogens is 314 g/mol.